The molecule has 1 aromatic heterocycles. The van der Waals surface area contributed by atoms with E-state index in [4.69, 9.17) is 0 Å². The highest BCUT2D eigenvalue weighted by atomic mass is 79.9. The van der Waals surface area contributed by atoms with Gasteiger partial charge in [0.2, 0.25) is 0 Å². The van der Waals surface area contributed by atoms with Crippen molar-refractivity contribution in [2.75, 3.05) is 5.32 Å². The molecule has 0 saturated heterocycles. The number of nitro benzene ring substituents is 1. The van der Waals surface area contributed by atoms with Crippen LogP contribution < -0.4 is 5.32 Å². The van der Waals surface area contributed by atoms with Crippen molar-refractivity contribution in [3.05, 3.63) is 62.4 Å². The summed E-state index contributed by atoms with van der Waals surface area (Å²) < 4.78 is 0.332. The normalized spacial score (nSPS) is 10.1. The number of aromatic nitrogens is 1. The fourth-order valence-electron chi connectivity index (χ4n) is 1.62. The Morgan fingerprint density at radius 1 is 1.35 bits per heavy atom. The lowest BCUT2D eigenvalue weighted by molar-refractivity contribution is -0.385. The van der Waals surface area contributed by atoms with Gasteiger partial charge in [0.25, 0.3) is 11.6 Å². The van der Waals surface area contributed by atoms with Crippen molar-refractivity contribution in [1.82, 2.24) is 4.98 Å². The van der Waals surface area contributed by atoms with Gasteiger partial charge in [0.1, 0.15) is 0 Å². The SMILES string of the molecule is Cc1cc(NC(=O)c2ccc(Br)c([N+](=O)[O-])c2)ccn1. The third-order valence-electron chi connectivity index (χ3n) is 2.56. The molecular formula is C13H10BrN3O3. The van der Waals surface area contributed by atoms with Crippen molar-refractivity contribution in [2.24, 2.45) is 0 Å². The molecule has 0 saturated carbocycles. The maximum Gasteiger partial charge on any atom is 0.284 e. The molecule has 0 spiro atoms. The number of nitro groups is 1. The third-order valence-corrected chi connectivity index (χ3v) is 3.23. The first kappa shape index (κ1) is 14.1. The Morgan fingerprint density at radius 3 is 2.75 bits per heavy atom. The molecule has 2 aromatic rings. The molecule has 0 radical (unpaired) electrons. The topological polar surface area (TPSA) is 85.1 Å². The standard InChI is InChI=1S/C13H10BrN3O3/c1-8-6-10(4-5-15-8)16-13(18)9-2-3-11(14)12(7-9)17(19)20/h2-7H,1H3,(H,15,16,18). The molecule has 7 heteroatoms. The van der Waals surface area contributed by atoms with E-state index in [0.29, 0.717) is 10.2 Å². The van der Waals surface area contributed by atoms with Crippen LogP contribution in [0.1, 0.15) is 16.1 Å². The number of rotatable bonds is 3. The number of carbonyl (C=O) groups is 1. The van der Waals surface area contributed by atoms with Crippen LogP contribution in [-0.2, 0) is 0 Å². The molecule has 102 valence electrons. The minimum Gasteiger partial charge on any atom is -0.322 e. The zero-order chi connectivity index (χ0) is 14.7. The van der Waals surface area contributed by atoms with Crippen LogP contribution in [0.25, 0.3) is 0 Å². The van der Waals surface area contributed by atoms with E-state index in [0.717, 1.165) is 5.69 Å². The third kappa shape index (κ3) is 3.18. The van der Waals surface area contributed by atoms with Gasteiger partial charge in [0.15, 0.2) is 0 Å². The van der Waals surface area contributed by atoms with Gasteiger partial charge in [0, 0.05) is 29.2 Å². The van der Waals surface area contributed by atoms with Crippen LogP contribution in [-0.4, -0.2) is 15.8 Å². The molecule has 1 N–H and O–H groups in total. The summed E-state index contributed by atoms with van der Waals surface area (Å²) in [5.41, 5.74) is 1.43. The lowest BCUT2D eigenvalue weighted by atomic mass is 10.2. The minimum atomic E-state index is -0.544. The molecule has 1 heterocycles. The highest BCUT2D eigenvalue weighted by Crippen LogP contribution is 2.26. The number of nitrogens with one attached hydrogen (secondary N) is 1. The van der Waals surface area contributed by atoms with E-state index in [1.165, 1.54) is 18.2 Å². The summed E-state index contributed by atoms with van der Waals surface area (Å²) in [4.78, 5) is 26.4. The summed E-state index contributed by atoms with van der Waals surface area (Å²) in [6, 6.07) is 7.59. The van der Waals surface area contributed by atoms with E-state index >= 15 is 0 Å². The molecule has 2 rings (SSSR count). The Bertz CT molecular complexity index is 688. The molecule has 0 aliphatic heterocycles. The first-order valence-corrected chi connectivity index (χ1v) is 6.44. The van der Waals surface area contributed by atoms with Crippen LogP contribution in [0, 0.1) is 17.0 Å². The molecule has 0 aliphatic carbocycles. The van der Waals surface area contributed by atoms with Crippen LogP contribution >= 0.6 is 15.9 Å². The number of benzene rings is 1. The number of carbonyl (C=O) groups excluding carboxylic acids is 1. The minimum absolute atomic E-state index is 0.149. The van der Waals surface area contributed by atoms with Gasteiger partial charge in [-0.25, -0.2) is 0 Å². The Morgan fingerprint density at radius 2 is 2.10 bits per heavy atom. The van der Waals surface area contributed by atoms with Crippen LogP contribution in [0.3, 0.4) is 0 Å². The van der Waals surface area contributed by atoms with E-state index in [2.05, 4.69) is 26.2 Å². The van der Waals surface area contributed by atoms with Crippen molar-refractivity contribution in [2.45, 2.75) is 6.92 Å². The Balaban J connectivity index is 2.26. The van der Waals surface area contributed by atoms with E-state index in [-0.39, 0.29) is 11.3 Å². The van der Waals surface area contributed by atoms with Gasteiger partial charge in [-0.1, -0.05) is 0 Å². The molecule has 1 aromatic carbocycles. The molecule has 6 nitrogen and oxygen atoms in total. The van der Waals surface area contributed by atoms with E-state index < -0.39 is 10.8 Å². The van der Waals surface area contributed by atoms with E-state index in [1.54, 1.807) is 25.3 Å². The zero-order valence-electron chi connectivity index (χ0n) is 10.5. The second kappa shape index (κ2) is 5.79. The number of hydrogen-bond donors (Lipinski definition) is 1. The summed E-state index contributed by atoms with van der Waals surface area (Å²) >= 11 is 3.07. The highest BCUT2D eigenvalue weighted by Gasteiger charge is 2.16. The maximum atomic E-state index is 12.0. The predicted molar refractivity (Wildman–Crippen MR) is 77.7 cm³/mol. The Hall–Kier alpha value is -2.28. The summed E-state index contributed by atoms with van der Waals surface area (Å²) in [5.74, 6) is -0.411. The summed E-state index contributed by atoms with van der Waals surface area (Å²) in [6.07, 6.45) is 1.58. The number of anilines is 1. The van der Waals surface area contributed by atoms with Gasteiger partial charge in [0.05, 0.1) is 9.40 Å². The smallest absolute Gasteiger partial charge is 0.284 e. The largest absolute Gasteiger partial charge is 0.322 e. The van der Waals surface area contributed by atoms with Crippen molar-refractivity contribution in [3.63, 3.8) is 0 Å². The van der Waals surface area contributed by atoms with E-state index in [9.17, 15) is 14.9 Å². The predicted octanol–water partition coefficient (Wildman–Crippen LogP) is 3.31. The van der Waals surface area contributed by atoms with Gasteiger partial charge < -0.3 is 5.32 Å². The van der Waals surface area contributed by atoms with Gasteiger partial charge in [-0.3, -0.25) is 19.9 Å². The van der Waals surface area contributed by atoms with Crippen LogP contribution in [0.2, 0.25) is 0 Å². The number of amides is 1. The lowest BCUT2D eigenvalue weighted by Gasteiger charge is -2.06. The molecule has 0 bridgehead atoms. The van der Waals surface area contributed by atoms with Gasteiger partial charge in [-0.15, -0.1) is 0 Å². The van der Waals surface area contributed by atoms with Gasteiger partial charge >= 0.3 is 0 Å². The van der Waals surface area contributed by atoms with Crippen molar-refractivity contribution < 1.29 is 9.72 Å². The van der Waals surface area contributed by atoms with Crippen molar-refractivity contribution in [1.29, 1.82) is 0 Å². The summed E-state index contributed by atoms with van der Waals surface area (Å²) in [6.45, 7) is 1.81. The van der Waals surface area contributed by atoms with Gasteiger partial charge in [-0.2, -0.15) is 0 Å². The fourth-order valence-corrected chi connectivity index (χ4v) is 2.01. The first-order valence-electron chi connectivity index (χ1n) is 5.65. The number of aryl methyl sites for hydroxylation is 1. The number of pyridine rings is 1. The summed E-state index contributed by atoms with van der Waals surface area (Å²) in [7, 11) is 0. The second-order valence-corrected chi connectivity index (χ2v) is 4.92. The maximum absolute atomic E-state index is 12.0. The van der Waals surface area contributed by atoms with Crippen molar-refractivity contribution >= 4 is 33.2 Å². The monoisotopic (exact) mass is 335 g/mol. The number of hydrogen-bond acceptors (Lipinski definition) is 4. The first-order chi connectivity index (χ1) is 9.47. The van der Waals surface area contributed by atoms with Crippen LogP contribution in [0.5, 0.6) is 0 Å². The molecule has 0 fully saturated rings. The van der Waals surface area contributed by atoms with Gasteiger partial charge in [-0.05, 0) is 47.1 Å². The molecule has 1 amide bonds. The summed E-state index contributed by atoms with van der Waals surface area (Å²) in [5, 5.41) is 13.5. The molecule has 20 heavy (non-hydrogen) atoms. The van der Waals surface area contributed by atoms with Crippen LogP contribution in [0.15, 0.2) is 41.0 Å². The average molecular weight is 336 g/mol. The van der Waals surface area contributed by atoms with E-state index in [1.807, 2.05) is 0 Å². The highest BCUT2D eigenvalue weighted by molar-refractivity contribution is 9.10. The molecule has 0 atom stereocenters. The number of halogens is 1. The lowest BCUT2D eigenvalue weighted by Crippen LogP contribution is -2.12. The molecule has 0 unspecified atom stereocenters. The number of nitrogens with zero attached hydrogens (tertiary/aromatic N) is 2. The average Bonchev–Trinajstić information content (AvgIpc) is 2.38. The Kier molecular flexibility index (Phi) is 4.09. The Labute approximate surface area is 123 Å². The zero-order valence-corrected chi connectivity index (χ0v) is 12.0. The fraction of sp³-hybridized carbons (Fsp3) is 0.0769. The quantitative estimate of drug-likeness (QED) is 0.688. The molecule has 0 aliphatic rings. The second-order valence-electron chi connectivity index (χ2n) is 4.06. The van der Waals surface area contributed by atoms with Crippen LogP contribution in [0.4, 0.5) is 11.4 Å². The van der Waals surface area contributed by atoms with Crippen molar-refractivity contribution in [3.8, 4) is 0 Å². The molecular weight excluding hydrogens is 326 g/mol.